The monoisotopic (exact) mass is 231 g/mol. The van der Waals surface area contributed by atoms with Crippen LogP contribution in [0.2, 0.25) is 0 Å². The molecular formula is C11H21NO2S. The molecule has 4 heteroatoms. The van der Waals surface area contributed by atoms with Gasteiger partial charge in [-0.1, -0.05) is 13.8 Å². The zero-order chi connectivity index (χ0) is 11.1. The molecule has 15 heavy (non-hydrogen) atoms. The second-order valence-corrected chi connectivity index (χ2v) is 7.99. The Balaban J connectivity index is 1.86. The summed E-state index contributed by atoms with van der Waals surface area (Å²) in [6, 6.07) is 0. The second-order valence-electron chi connectivity index (χ2n) is 5.69. The summed E-state index contributed by atoms with van der Waals surface area (Å²) in [5.41, 5.74) is 0.376. The first kappa shape index (κ1) is 11.4. The Kier molecular flexibility index (Phi) is 2.84. The summed E-state index contributed by atoms with van der Waals surface area (Å²) in [6.45, 7) is 7.16. The maximum atomic E-state index is 11.3. The summed E-state index contributed by atoms with van der Waals surface area (Å²) in [6.07, 6.45) is 2.72. The normalized spacial score (nSPS) is 27.9. The summed E-state index contributed by atoms with van der Waals surface area (Å²) >= 11 is 0. The lowest BCUT2D eigenvalue weighted by Gasteiger charge is -2.34. The van der Waals surface area contributed by atoms with E-state index in [1.807, 2.05) is 0 Å². The fraction of sp³-hybridized carbons (Fsp3) is 1.00. The first-order chi connectivity index (χ1) is 6.89. The van der Waals surface area contributed by atoms with Gasteiger partial charge in [-0.05, 0) is 24.2 Å². The van der Waals surface area contributed by atoms with E-state index in [0.717, 1.165) is 25.6 Å². The van der Waals surface area contributed by atoms with Crippen LogP contribution in [0.15, 0.2) is 0 Å². The molecule has 0 N–H and O–H groups in total. The largest absolute Gasteiger partial charge is 0.301 e. The highest BCUT2D eigenvalue weighted by atomic mass is 32.2. The van der Waals surface area contributed by atoms with Crippen LogP contribution in [0.5, 0.6) is 0 Å². The number of sulfone groups is 1. The van der Waals surface area contributed by atoms with Gasteiger partial charge in [0.15, 0.2) is 9.84 Å². The van der Waals surface area contributed by atoms with E-state index < -0.39 is 9.84 Å². The highest BCUT2D eigenvalue weighted by Crippen LogP contribution is 2.45. The lowest BCUT2D eigenvalue weighted by Crippen LogP contribution is -2.45. The average Bonchev–Trinajstić information content (AvgIpc) is 2.91. The molecule has 0 aromatic rings. The summed E-state index contributed by atoms with van der Waals surface area (Å²) in [4.78, 5) is 2.32. The summed E-state index contributed by atoms with van der Waals surface area (Å²) in [7, 11) is -2.72. The molecule has 1 saturated carbocycles. The predicted octanol–water partition coefficient (Wildman–Crippen LogP) is 1.15. The van der Waals surface area contributed by atoms with Crippen molar-refractivity contribution in [3.8, 4) is 0 Å². The molecule has 3 nitrogen and oxygen atoms in total. The van der Waals surface area contributed by atoms with E-state index in [1.165, 1.54) is 12.8 Å². The molecule has 2 aliphatic rings. The molecule has 0 spiro atoms. The molecule has 0 aromatic carbocycles. The maximum Gasteiger partial charge on any atom is 0.152 e. The number of hydrogen-bond donors (Lipinski definition) is 0. The maximum absolute atomic E-state index is 11.3. The molecule has 1 aliphatic heterocycles. The number of nitrogens with zero attached hydrogens (tertiary/aromatic N) is 1. The van der Waals surface area contributed by atoms with Crippen molar-refractivity contribution in [3.63, 3.8) is 0 Å². The third-order valence-electron chi connectivity index (χ3n) is 3.75. The third kappa shape index (κ3) is 2.94. The Labute approximate surface area is 92.8 Å². The minimum absolute atomic E-state index is 0.355. The van der Waals surface area contributed by atoms with Crippen LogP contribution < -0.4 is 0 Å². The second kappa shape index (κ2) is 3.74. The third-order valence-corrected chi connectivity index (χ3v) is 5.36. The van der Waals surface area contributed by atoms with E-state index in [4.69, 9.17) is 0 Å². The molecule has 1 heterocycles. The molecule has 0 unspecified atom stereocenters. The van der Waals surface area contributed by atoms with Gasteiger partial charge in [0.05, 0.1) is 11.5 Å². The minimum Gasteiger partial charge on any atom is -0.301 e. The first-order valence-electron chi connectivity index (χ1n) is 5.82. The highest BCUT2D eigenvalue weighted by molar-refractivity contribution is 7.91. The molecule has 0 amide bonds. The molecule has 88 valence electrons. The van der Waals surface area contributed by atoms with Gasteiger partial charge >= 0.3 is 0 Å². The van der Waals surface area contributed by atoms with Crippen LogP contribution in [0.3, 0.4) is 0 Å². The van der Waals surface area contributed by atoms with E-state index in [1.54, 1.807) is 0 Å². The molecule has 0 radical (unpaired) electrons. The van der Waals surface area contributed by atoms with Crippen molar-refractivity contribution in [2.75, 3.05) is 31.1 Å². The number of hydrogen-bond acceptors (Lipinski definition) is 3. The van der Waals surface area contributed by atoms with Crippen LogP contribution in [-0.4, -0.2) is 44.5 Å². The van der Waals surface area contributed by atoms with E-state index in [-0.39, 0.29) is 0 Å². The molecule has 0 atom stereocenters. The van der Waals surface area contributed by atoms with E-state index >= 15 is 0 Å². The topological polar surface area (TPSA) is 37.4 Å². The molecular weight excluding hydrogens is 210 g/mol. The molecule has 0 aromatic heterocycles. The zero-order valence-corrected chi connectivity index (χ0v) is 10.5. The van der Waals surface area contributed by atoms with Crippen LogP contribution in [0, 0.1) is 11.3 Å². The fourth-order valence-electron chi connectivity index (χ4n) is 2.48. The van der Waals surface area contributed by atoms with Crippen molar-refractivity contribution in [2.45, 2.75) is 26.7 Å². The van der Waals surface area contributed by atoms with Crippen LogP contribution in [0.25, 0.3) is 0 Å². The molecule has 1 aliphatic carbocycles. The van der Waals surface area contributed by atoms with Gasteiger partial charge in [0, 0.05) is 19.6 Å². The van der Waals surface area contributed by atoms with Gasteiger partial charge in [-0.2, -0.15) is 0 Å². The quantitative estimate of drug-likeness (QED) is 0.731. The zero-order valence-electron chi connectivity index (χ0n) is 9.70. The molecule has 2 fully saturated rings. The van der Waals surface area contributed by atoms with Gasteiger partial charge in [0.1, 0.15) is 0 Å². The standard InChI is InChI=1S/C11H21NO2S/c1-11(2,10-3-4-10)9-12-5-7-15(13,14)8-6-12/h10H,3-9H2,1-2H3. The van der Waals surface area contributed by atoms with Gasteiger partial charge in [0.2, 0.25) is 0 Å². The summed E-state index contributed by atoms with van der Waals surface area (Å²) < 4.78 is 22.6. The predicted molar refractivity (Wildman–Crippen MR) is 61.6 cm³/mol. The summed E-state index contributed by atoms with van der Waals surface area (Å²) in [5, 5.41) is 0. The lowest BCUT2D eigenvalue weighted by molar-refractivity contribution is 0.167. The lowest BCUT2D eigenvalue weighted by atomic mass is 9.87. The van der Waals surface area contributed by atoms with Crippen molar-refractivity contribution >= 4 is 9.84 Å². The highest BCUT2D eigenvalue weighted by Gasteiger charge is 2.39. The average molecular weight is 231 g/mol. The van der Waals surface area contributed by atoms with Crippen molar-refractivity contribution in [2.24, 2.45) is 11.3 Å². The van der Waals surface area contributed by atoms with Crippen molar-refractivity contribution in [3.05, 3.63) is 0 Å². The Bertz CT molecular complexity index is 316. The first-order valence-corrected chi connectivity index (χ1v) is 7.64. The fourth-order valence-corrected chi connectivity index (χ4v) is 3.76. The number of rotatable bonds is 3. The van der Waals surface area contributed by atoms with Crippen LogP contribution >= 0.6 is 0 Å². The van der Waals surface area contributed by atoms with Crippen molar-refractivity contribution in [1.82, 2.24) is 4.90 Å². The minimum atomic E-state index is -2.72. The molecule has 0 bridgehead atoms. The van der Waals surface area contributed by atoms with Gasteiger partial charge in [-0.3, -0.25) is 0 Å². The van der Waals surface area contributed by atoms with E-state index in [2.05, 4.69) is 18.7 Å². The Morgan fingerprint density at radius 3 is 2.20 bits per heavy atom. The van der Waals surface area contributed by atoms with Crippen LogP contribution in [0.4, 0.5) is 0 Å². The smallest absolute Gasteiger partial charge is 0.152 e. The van der Waals surface area contributed by atoms with Crippen LogP contribution in [0.1, 0.15) is 26.7 Å². The van der Waals surface area contributed by atoms with Gasteiger partial charge in [0.25, 0.3) is 0 Å². The Morgan fingerprint density at radius 2 is 1.73 bits per heavy atom. The van der Waals surface area contributed by atoms with Crippen LogP contribution in [-0.2, 0) is 9.84 Å². The summed E-state index contributed by atoms with van der Waals surface area (Å²) in [5.74, 6) is 1.58. The van der Waals surface area contributed by atoms with E-state index in [9.17, 15) is 8.42 Å². The Hall–Kier alpha value is -0.0900. The van der Waals surface area contributed by atoms with Gasteiger partial charge in [-0.15, -0.1) is 0 Å². The molecule has 1 saturated heterocycles. The Morgan fingerprint density at radius 1 is 1.20 bits per heavy atom. The molecule has 2 rings (SSSR count). The van der Waals surface area contributed by atoms with E-state index in [0.29, 0.717) is 16.9 Å². The SMILES string of the molecule is CC(C)(CN1CCS(=O)(=O)CC1)C1CC1. The van der Waals surface area contributed by atoms with Crippen molar-refractivity contribution < 1.29 is 8.42 Å². The van der Waals surface area contributed by atoms with Gasteiger partial charge in [-0.25, -0.2) is 8.42 Å². The van der Waals surface area contributed by atoms with Crippen molar-refractivity contribution in [1.29, 1.82) is 0 Å². The van der Waals surface area contributed by atoms with Gasteiger partial charge < -0.3 is 4.90 Å².